The van der Waals surface area contributed by atoms with E-state index in [9.17, 15) is 0 Å². The van der Waals surface area contributed by atoms with E-state index in [2.05, 4.69) is 0 Å². The lowest BCUT2D eigenvalue weighted by Gasteiger charge is -1.56. The highest BCUT2D eigenvalue weighted by molar-refractivity contribution is 5.51. The van der Waals surface area contributed by atoms with Crippen LogP contribution >= 0.6 is 0 Å². The van der Waals surface area contributed by atoms with E-state index in [0.717, 1.165) is 6.42 Å². The molecule has 42 valence electrons. The third-order valence-corrected chi connectivity index (χ3v) is 0.204. The molecule has 0 saturated heterocycles. The molecule has 0 fully saturated rings. The van der Waals surface area contributed by atoms with Crippen LogP contribution in [0.2, 0.25) is 0 Å². The van der Waals surface area contributed by atoms with Crippen LogP contribution < -0.4 is 0 Å². The zero-order valence-corrected chi connectivity index (χ0v) is 4.22. The van der Waals surface area contributed by atoms with Gasteiger partial charge in [0.2, 0.25) is 0 Å². The van der Waals surface area contributed by atoms with Crippen LogP contribution in [0.4, 0.5) is 0 Å². The fourth-order valence-electron chi connectivity index (χ4n) is 0. The Morgan fingerprint density at radius 3 is 2.00 bits per heavy atom. The van der Waals surface area contributed by atoms with Crippen molar-refractivity contribution < 1.29 is 9.90 Å². The fraction of sp³-hybridized carbons (Fsp3) is 0.500. The molecule has 3 nitrogen and oxygen atoms in total. The van der Waals surface area contributed by atoms with Gasteiger partial charge in [-0.15, -0.1) is 0 Å². The van der Waals surface area contributed by atoms with Crippen molar-refractivity contribution >= 4 is 12.7 Å². The smallest absolute Gasteiger partial charge is 0.290 e. The molecule has 0 rings (SSSR count). The maximum absolute atomic E-state index is 8.36. The number of hydrogen-bond acceptors (Lipinski definition) is 2. The van der Waals surface area contributed by atoms with Crippen molar-refractivity contribution in [1.29, 1.82) is 5.41 Å². The Morgan fingerprint density at radius 2 is 2.00 bits per heavy atom. The summed E-state index contributed by atoms with van der Waals surface area (Å²) in [5.41, 5.74) is 0. The molecule has 0 heterocycles. The van der Waals surface area contributed by atoms with E-state index >= 15 is 0 Å². The fourth-order valence-corrected chi connectivity index (χ4v) is 0. The van der Waals surface area contributed by atoms with Crippen LogP contribution in [0.1, 0.15) is 13.3 Å². The average molecular weight is 103 g/mol. The molecule has 0 radical (unpaired) electrons. The van der Waals surface area contributed by atoms with Crippen molar-refractivity contribution in [3.05, 3.63) is 0 Å². The van der Waals surface area contributed by atoms with Crippen molar-refractivity contribution in [1.82, 2.24) is 0 Å². The molecule has 0 aliphatic heterocycles. The van der Waals surface area contributed by atoms with Gasteiger partial charge in [0.15, 0.2) is 0 Å². The Morgan fingerprint density at radius 1 is 1.86 bits per heavy atom. The predicted molar refractivity (Wildman–Crippen MR) is 27.8 cm³/mol. The normalized spacial score (nSPS) is 5.29. The third-order valence-electron chi connectivity index (χ3n) is 0.204. The molecule has 0 atom stereocenters. The minimum Gasteiger partial charge on any atom is -0.483 e. The van der Waals surface area contributed by atoms with Gasteiger partial charge >= 0.3 is 0 Å². The molecule has 0 bridgehead atoms. The van der Waals surface area contributed by atoms with Gasteiger partial charge in [0.25, 0.3) is 6.47 Å². The highest BCUT2D eigenvalue weighted by Gasteiger charge is 1.47. The summed E-state index contributed by atoms with van der Waals surface area (Å²) in [6.07, 6.45) is 2.24. The summed E-state index contributed by atoms with van der Waals surface area (Å²) in [6.45, 7) is 1.69. The number of rotatable bonds is 1. The van der Waals surface area contributed by atoms with Crippen LogP contribution in [0.15, 0.2) is 0 Å². The topological polar surface area (TPSA) is 61.2 Å². The van der Waals surface area contributed by atoms with Crippen molar-refractivity contribution in [2.75, 3.05) is 0 Å². The van der Waals surface area contributed by atoms with E-state index in [1.54, 1.807) is 0 Å². The number of carbonyl (C=O) groups is 1. The second-order valence-corrected chi connectivity index (χ2v) is 0.718. The van der Waals surface area contributed by atoms with Crippen molar-refractivity contribution in [2.24, 2.45) is 0 Å². The molecule has 0 spiro atoms. The molecule has 0 aromatic heterocycles. The van der Waals surface area contributed by atoms with E-state index < -0.39 is 0 Å². The molecule has 0 saturated carbocycles. The Kier molecular flexibility index (Phi) is 26.0. The molecule has 0 amide bonds. The number of carboxylic acid groups (broad SMARTS) is 1. The van der Waals surface area contributed by atoms with Gasteiger partial charge in [-0.05, 0) is 12.6 Å². The second kappa shape index (κ2) is 19.2. The maximum atomic E-state index is 8.36. The summed E-state index contributed by atoms with van der Waals surface area (Å²) >= 11 is 0. The molecular formula is C4H9NO2. The molecule has 0 aromatic rings. The average Bonchev–Trinajstić information content (AvgIpc) is 1.69. The van der Waals surface area contributed by atoms with Crippen LogP contribution in [-0.4, -0.2) is 17.8 Å². The number of nitrogens with one attached hydrogen (secondary N) is 1. The lowest BCUT2D eigenvalue weighted by atomic mass is 10.6. The van der Waals surface area contributed by atoms with E-state index in [1.807, 2.05) is 6.92 Å². The first-order valence-electron chi connectivity index (χ1n) is 1.90. The standard InChI is InChI=1S/C3H7N.CH2O2/c1-2-3-4;2-1-3/h3-4H,2H2,1H3;1H,(H,2,3). The van der Waals surface area contributed by atoms with Crippen LogP contribution in [0.3, 0.4) is 0 Å². The molecule has 7 heavy (non-hydrogen) atoms. The number of hydrogen-bond donors (Lipinski definition) is 2. The molecule has 2 N–H and O–H groups in total. The second-order valence-electron chi connectivity index (χ2n) is 0.718. The molecule has 0 aliphatic carbocycles. The summed E-state index contributed by atoms with van der Waals surface area (Å²) in [5, 5.41) is 13.2. The summed E-state index contributed by atoms with van der Waals surface area (Å²) in [4.78, 5) is 8.36. The quantitative estimate of drug-likeness (QED) is 0.380. The van der Waals surface area contributed by atoms with Gasteiger partial charge in [-0.3, -0.25) is 4.79 Å². The Hall–Kier alpha value is -0.860. The first kappa shape index (κ1) is 9.46. The van der Waals surface area contributed by atoms with Gasteiger partial charge in [-0.2, -0.15) is 0 Å². The lowest BCUT2D eigenvalue weighted by Crippen LogP contribution is -1.52. The van der Waals surface area contributed by atoms with Crippen LogP contribution in [0.5, 0.6) is 0 Å². The minimum absolute atomic E-state index is 0.250. The first-order valence-corrected chi connectivity index (χ1v) is 1.90. The SMILES string of the molecule is CCC=N.O=CO. The van der Waals surface area contributed by atoms with Crippen LogP contribution in [0.25, 0.3) is 0 Å². The van der Waals surface area contributed by atoms with E-state index in [4.69, 9.17) is 15.3 Å². The highest BCUT2D eigenvalue weighted by atomic mass is 16.3. The highest BCUT2D eigenvalue weighted by Crippen LogP contribution is 1.54. The first-order chi connectivity index (χ1) is 3.33. The van der Waals surface area contributed by atoms with E-state index in [0.29, 0.717) is 0 Å². The maximum Gasteiger partial charge on any atom is 0.290 e. The van der Waals surface area contributed by atoms with Gasteiger partial charge in [0.1, 0.15) is 0 Å². The van der Waals surface area contributed by atoms with Gasteiger partial charge in [-0.25, -0.2) is 0 Å². The summed E-state index contributed by atoms with van der Waals surface area (Å²) in [6, 6.07) is 0. The Bertz CT molecular complexity index is 45.0. The summed E-state index contributed by atoms with van der Waals surface area (Å²) < 4.78 is 0. The predicted octanol–water partition coefficient (Wildman–Crippen LogP) is 0.747. The zero-order valence-electron chi connectivity index (χ0n) is 4.22. The van der Waals surface area contributed by atoms with Crippen molar-refractivity contribution in [2.45, 2.75) is 13.3 Å². The summed E-state index contributed by atoms with van der Waals surface area (Å²) in [5.74, 6) is 0. The molecule has 0 unspecified atom stereocenters. The van der Waals surface area contributed by atoms with Crippen molar-refractivity contribution in [3.8, 4) is 0 Å². The summed E-state index contributed by atoms with van der Waals surface area (Å²) in [7, 11) is 0. The van der Waals surface area contributed by atoms with Crippen LogP contribution in [0, 0.1) is 5.41 Å². The van der Waals surface area contributed by atoms with E-state index in [1.165, 1.54) is 6.21 Å². The monoisotopic (exact) mass is 103 g/mol. The zero-order chi connectivity index (χ0) is 6.12. The third kappa shape index (κ3) is 2590. The van der Waals surface area contributed by atoms with Gasteiger partial charge < -0.3 is 10.5 Å². The molecule has 0 aliphatic rings. The molecular weight excluding hydrogens is 94.0 g/mol. The van der Waals surface area contributed by atoms with E-state index in [-0.39, 0.29) is 6.47 Å². The Labute approximate surface area is 42.5 Å². The lowest BCUT2D eigenvalue weighted by molar-refractivity contribution is -0.122. The minimum atomic E-state index is -0.250. The largest absolute Gasteiger partial charge is 0.483 e. The van der Waals surface area contributed by atoms with Gasteiger partial charge in [0.05, 0.1) is 0 Å². The van der Waals surface area contributed by atoms with Gasteiger partial charge in [0, 0.05) is 0 Å². The Balaban J connectivity index is 0. The van der Waals surface area contributed by atoms with Crippen LogP contribution in [-0.2, 0) is 4.79 Å². The molecule has 0 aromatic carbocycles. The van der Waals surface area contributed by atoms with Gasteiger partial charge in [-0.1, -0.05) is 6.92 Å². The molecule has 3 heteroatoms. The van der Waals surface area contributed by atoms with Crippen molar-refractivity contribution in [3.63, 3.8) is 0 Å².